The smallest absolute Gasteiger partial charge is 0.313 e. The van der Waals surface area contributed by atoms with Crippen LogP contribution < -0.4 is 15.5 Å². The Morgan fingerprint density at radius 2 is 1.76 bits per heavy atom. The highest BCUT2D eigenvalue weighted by atomic mass is 16.2. The van der Waals surface area contributed by atoms with Gasteiger partial charge in [0, 0.05) is 30.5 Å². The van der Waals surface area contributed by atoms with Crippen molar-refractivity contribution in [3.8, 4) is 0 Å². The Morgan fingerprint density at radius 1 is 1.14 bits per heavy atom. The van der Waals surface area contributed by atoms with Gasteiger partial charge in [0.2, 0.25) is 0 Å². The molecule has 2 N–H and O–H groups in total. The second-order valence-corrected chi connectivity index (χ2v) is 5.48. The van der Waals surface area contributed by atoms with E-state index in [1.807, 2.05) is 38.1 Å². The van der Waals surface area contributed by atoms with Crippen LogP contribution in [0.4, 0.5) is 11.4 Å². The van der Waals surface area contributed by atoms with E-state index in [4.69, 9.17) is 0 Å². The van der Waals surface area contributed by atoms with Crippen LogP contribution in [0.5, 0.6) is 0 Å². The molecule has 0 aromatic heterocycles. The summed E-state index contributed by atoms with van der Waals surface area (Å²) in [4.78, 5) is 25.8. The number of anilines is 2. The predicted molar refractivity (Wildman–Crippen MR) is 84.4 cm³/mol. The molecule has 5 nitrogen and oxygen atoms in total. The highest BCUT2D eigenvalue weighted by molar-refractivity contribution is 6.39. The summed E-state index contributed by atoms with van der Waals surface area (Å²) >= 11 is 0. The van der Waals surface area contributed by atoms with Gasteiger partial charge in [0.05, 0.1) is 0 Å². The summed E-state index contributed by atoms with van der Waals surface area (Å²) in [7, 11) is 0. The van der Waals surface area contributed by atoms with E-state index in [9.17, 15) is 9.59 Å². The van der Waals surface area contributed by atoms with Crippen LogP contribution in [0.2, 0.25) is 0 Å². The molecule has 2 rings (SSSR count). The third-order valence-corrected chi connectivity index (χ3v) is 3.79. The van der Waals surface area contributed by atoms with Crippen molar-refractivity contribution >= 4 is 23.2 Å². The molecule has 21 heavy (non-hydrogen) atoms. The zero-order chi connectivity index (χ0) is 15.2. The number of rotatable bonds is 4. The molecule has 1 heterocycles. The van der Waals surface area contributed by atoms with Crippen LogP contribution in [0.25, 0.3) is 0 Å². The molecule has 1 aliphatic rings. The van der Waals surface area contributed by atoms with Gasteiger partial charge in [-0.15, -0.1) is 0 Å². The predicted octanol–water partition coefficient (Wildman–Crippen LogP) is 2.14. The quantitative estimate of drug-likeness (QED) is 0.835. The molecule has 1 atom stereocenters. The molecular weight excluding hydrogens is 266 g/mol. The van der Waals surface area contributed by atoms with Crippen molar-refractivity contribution in [3.63, 3.8) is 0 Å². The maximum absolute atomic E-state index is 11.8. The van der Waals surface area contributed by atoms with E-state index in [0.717, 1.165) is 25.2 Å². The van der Waals surface area contributed by atoms with Crippen molar-refractivity contribution in [3.05, 3.63) is 24.3 Å². The lowest BCUT2D eigenvalue weighted by Gasteiger charge is -2.17. The third kappa shape index (κ3) is 4.21. The minimum Gasteiger partial charge on any atom is -0.372 e. The number of amides is 2. The number of nitrogens with one attached hydrogen (secondary N) is 2. The monoisotopic (exact) mass is 289 g/mol. The minimum atomic E-state index is -0.621. The summed E-state index contributed by atoms with van der Waals surface area (Å²) in [6, 6.07) is 7.63. The summed E-state index contributed by atoms with van der Waals surface area (Å²) in [5.41, 5.74) is 1.80. The molecule has 1 fully saturated rings. The minimum absolute atomic E-state index is 0.000734. The molecule has 2 amide bonds. The number of carbonyl (C=O) groups is 2. The first-order valence-electron chi connectivity index (χ1n) is 7.57. The van der Waals surface area contributed by atoms with Gasteiger partial charge in [-0.3, -0.25) is 9.59 Å². The maximum Gasteiger partial charge on any atom is 0.313 e. The van der Waals surface area contributed by atoms with Crippen LogP contribution in [0, 0.1) is 0 Å². The fourth-order valence-electron chi connectivity index (χ4n) is 2.31. The van der Waals surface area contributed by atoms with Crippen LogP contribution in [-0.2, 0) is 9.59 Å². The molecule has 1 saturated heterocycles. The van der Waals surface area contributed by atoms with Crippen molar-refractivity contribution in [1.82, 2.24) is 5.32 Å². The molecule has 0 saturated carbocycles. The van der Waals surface area contributed by atoms with E-state index in [-0.39, 0.29) is 6.04 Å². The standard InChI is InChI=1S/C16H23N3O2/c1-3-12(2)17-15(20)16(21)18-13-6-8-14(9-7-13)19-10-4-5-11-19/h6-9,12H,3-5,10-11H2,1-2H3,(H,17,20)(H,18,21). The van der Waals surface area contributed by atoms with Gasteiger partial charge in [0.1, 0.15) is 0 Å². The highest BCUT2D eigenvalue weighted by Gasteiger charge is 2.16. The van der Waals surface area contributed by atoms with E-state index in [2.05, 4.69) is 15.5 Å². The Kier molecular flexibility index (Phi) is 5.20. The number of hydrogen-bond acceptors (Lipinski definition) is 3. The van der Waals surface area contributed by atoms with Crippen LogP contribution >= 0.6 is 0 Å². The number of carbonyl (C=O) groups excluding carboxylic acids is 2. The maximum atomic E-state index is 11.8. The van der Waals surface area contributed by atoms with Crippen molar-refractivity contribution in [2.75, 3.05) is 23.3 Å². The first-order chi connectivity index (χ1) is 10.1. The summed E-state index contributed by atoms with van der Waals surface area (Å²) < 4.78 is 0. The van der Waals surface area contributed by atoms with Gasteiger partial charge in [-0.25, -0.2) is 0 Å². The number of benzene rings is 1. The summed E-state index contributed by atoms with van der Waals surface area (Å²) in [6.07, 6.45) is 3.26. The van der Waals surface area contributed by atoms with Crippen molar-refractivity contribution in [2.24, 2.45) is 0 Å². The van der Waals surface area contributed by atoms with Crippen LogP contribution in [0.3, 0.4) is 0 Å². The van der Waals surface area contributed by atoms with Gasteiger partial charge in [-0.2, -0.15) is 0 Å². The van der Waals surface area contributed by atoms with Gasteiger partial charge in [0.15, 0.2) is 0 Å². The van der Waals surface area contributed by atoms with Crippen LogP contribution in [-0.4, -0.2) is 30.9 Å². The Labute approximate surface area is 125 Å². The molecule has 1 aromatic carbocycles. The normalized spacial score (nSPS) is 15.6. The zero-order valence-corrected chi connectivity index (χ0v) is 12.7. The largest absolute Gasteiger partial charge is 0.372 e. The average Bonchev–Trinajstić information content (AvgIpc) is 3.02. The summed E-state index contributed by atoms with van der Waals surface area (Å²) in [5, 5.41) is 5.27. The van der Waals surface area contributed by atoms with E-state index in [0.29, 0.717) is 5.69 Å². The molecule has 0 aliphatic carbocycles. The van der Waals surface area contributed by atoms with E-state index in [1.54, 1.807) is 0 Å². The molecule has 114 valence electrons. The topological polar surface area (TPSA) is 61.4 Å². The lowest BCUT2D eigenvalue weighted by atomic mass is 10.2. The molecule has 0 radical (unpaired) electrons. The van der Waals surface area contributed by atoms with Gasteiger partial charge in [0.25, 0.3) is 0 Å². The van der Waals surface area contributed by atoms with Crippen LogP contribution in [0.15, 0.2) is 24.3 Å². The Morgan fingerprint density at radius 3 is 2.33 bits per heavy atom. The van der Waals surface area contributed by atoms with Crippen molar-refractivity contribution < 1.29 is 9.59 Å². The molecule has 5 heteroatoms. The Balaban J connectivity index is 1.90. The fraction of sp³-hybridized carbons (Fsp3) is 0.500. The molecule has 1 aromatic rings. The zero-order valence-electron chi connectivity index (χ0n) is 12.7. The third-order valence-electron chi connectivity index (χ3n) is 3.79. The van der Waals surface area contributed by atoms with Gasteiger partial charge >= 0.3 is 11.8 Å². The average molecular weight is 289 g/mol. The summed E-state index contributed by atoms with van der Waals surface area (Å²) in [6.45, 7) is 6.00. The Bertz CT molecular complexity index is 493. The van der Waals surface area contributed by atoms with E-state index in [1.165, 1.54) is 12.8 Å². The second-order valence-electron chi connectivity index (χ2n) is 5.48. The molecule has 0 bridgehead atoms. The highest BCUT2D eigenvalue weighted by Crippen LogP contribution is 2.21. The van der Waals surface area contributed by atoms with E-state index < -0.39 is 11.8 Å². The summed E-state index contributed by atoms with van der Waals surface area (Å²) in [5.74, 6) is -1.21. The first-order valence-corrected chi connectivity index (χ1v) is 7.57. The lowest BCUT2D eigenvalue weighted by molar-refractivity contribution is -0.136. The van der Waals surface area contributed by atoms with Gasteiger partial charge in [-0.1, -0.05) is 6.92 Å². The molecular formula is C16H23N3O2. The molecule has 1 aliphatic heterocycles. The second kappa shape index (κ2) is 7.11. The van der Waals surface area contributed by atoms with E-state index >= 15 is 0 Å². The molecule has 1 unspecified atom stereocenters. The van der Waals surface area contributed by atoms with Crippen molar-refractivity contribution in [2.45, 2.75) is 39.2 Å². The van der Waals surface area contributed by atoms with Gasteiger partial charge in [-0.05, 0) is 50.5 Å². The number of hydrogen-bond donors (Lipinski definition) is 2. The fourth-order valence-corrected chi connectivity index (χ4v) is 2.31. The Hall–Kier alpha value is -2.04. The number of nitrogens with zero attached hydrogens (tertiary/aromatic N) is 1. The SMILES string of the molecule is CCC(C)NC(=O)C(=O)Nc1ccc(N2CCCC2)cc1. The lowest BCUT2D eigenvalue weighted by Crippen LogP contribution is -2.40. The van der Waals surface area contributed by atoms with Crippen molar-refractivity contribution in [1.29, 1.82) is 0 Å². The first kappa shape index (κ1) is 15.4. The van der Waals surface area contributed by atoms with Crippen LogP contribution in [0.1, 0.15) is 33.1 Å². The van der Waals surface area contributed by atoms with Gasteiger partial charge < -0.3 is 15.5 Å². The molecule has 0 spiro atoms.